The fourth-order valence-electron chi connectivity index (χ4n) is 2.46. The molecule has 2 unspecified atom stereocenters. The summed E-state index contributed by atoms with van der Waals surface area (Å²) < 4.78 is 26.3. The van der Waals surface area contributed by atoms with Crippen molar-refractivity contribution >= 4 is 16.0 Å². The summed E-state index contributed by atoms with van der Waals surface area (Å²) in [5, 5.41) is 15.2. The Morgan fingerprint density at radius 1 is 1.47 bits per heavy atom. The fourth-order valence-corrected chi connectivity index (χ4v) is 3.46. The zero-order valence-corrected chi connectivity index (χ0v) is 11.2. The number of hydrogen-bond acceptors (Lipinski definition) is 4. The average Bonchev–Trinajstić information content (AvgIpc) is 2.91. The molecule has 8 heteroatoms. The monoisotopic (exact) mass is 287 g/mol. The van der Waals surface area contributed by atoms with Gasteiger partial charge >= 0.3 is 5.97 Å². The maximum absolute atomic E-state index is 11.9. The third-order valence-corrected chi connectivity index (χ3v) is 4.94. The Labute approximate surface area is 111 Å². The zero-order valence-electron chi connectivity index (χ0n) is 10.4. The van der Waals surface area contributed by atoms with Crippen molar-refractivity contribution in [2.45, 2.75) is 30.6 Å². The first-order valence-electron chi connectivity index (χ1n) is 6.22. The van der Waals surface area contributed by atoms with Gasteiger partial charge in [0.1, 0.15) is 4.90 Å². The van der Waals surface area contributed by atoms with Gasteiger partial charge in [-0.1, -0.05) is 12.8 Å². The van der Waals surface area contributed by atoms with Crippen LogP contribution in [0.25, 0.3) is 0 Å². The number of aliphatic carboxylic acids is 1. The highest BCUT2D eigenvalue weighted by molar-refractivity contribution is 7.89. The van der Waals surface area contributed by atoms with Crippen LogP contribution >= 0.6 is 0 Å². The van der Waals surface area contributed by atoms with Crippen molar-refractivity contribution in [3.63, 3.8) is 0 Å². The summed E-state index contributed by atoms with van der Waals surface area (Å²) in [6.07, 6.45) is 5.71. The predicted octanol–water partition coefficient (Wildman–Crippen LogP) is 0.579. The van der Waals surface area contributed by atoms with Gasteiger partial charge < -0.3 is 5.11 Å². The number of aromatic amines is 1. The molecule has 7 nitrogen and oxygen atoms in total. The van der Waals surface area contributed by atoms with Crippen LogP contribution in [0.3, 0.4) is 0 Å². The van der Waals surface area contributed by atoms with Gasteiger partial charge in [0.25, 0.3) is 0 Å². The standard InChI is InChI=1S/C11H17N3O4S/c15-11(16)10-4-2-1-3-8(10)5-14-19(17,18)9-6-12-13-7-9/h6-8,10,14H,1-5H2,(H,12,13)(H,15,16). The van der Waals surface area contributed by atoms with Crippen LogP contribution in [0, 0.1) is 11.8 Å². The molecule has 1 aromatic rings. The lowest BCUT2D eigenvalue weighted by Gasteiger charge is -2.28. The first kappa shape index (κ1) is 14.0. The number of nitrogens with one attached hydrogen (secondary N) is 2. The van der Waals surface area contributed by atoms with Gasteiger partial charge in [0.2, 0.25) is 10.0 Å². The second-order valence-corrected chi connectivity index (χ2v) is 6.54. The van der Waals surface area contributed by atoms with E-state index in [9.17, 15) is 13.2 Å². The molecule has 1 saturated carbocycles. The number of rotatable bonds is 5. The molecule has 1 aliphatic carbocycles. The Balaban J connectivity index is 1.99. The van der Waals surface area contributed by atoms with Crippen molar-refractivity contribution in [2.75, 3.05) is 6.54 Å². The summed E-state index contributed by atoms with van der Waals surface area (Å²) in [6.45, 7) is 0.157. The van der Waals surface area contributed by atoms with Crippen LogP contribution < -0.4 is 4.72 Å². The molecule has 106 valence electrons. The van der Waals surface area contributed by atoms with Gasteiger partial charge in [-0.05, 0) is 18.8 Å². The van der Waals surface area contributed by atoms with E-state index in [1.165, 1.54) is 12.4 Å². The van der Waals surface area contributed by atoms with Gasteiger partial charge in [0.05, 0.1) is 12.1 Å². The third-order valence-electron chi connectivity index (χ3n) is 3.55. The molecule has 2 atom stereocenters. The highest BCUT2D eigenvalue weighted by Gasteiger charge is 2.31. The summed E-state index contributed by atoms with van der Waals surface area (Å²) >= 11 is 0. The Morgan fingerprint density at radius 3 is 2.84 bits per heavy atom. The first-order valence-corrected chi connectivity index (χ1v) is 7.70. The molecule has 0 aliphatic heterocycles. The summed E-state index contributed by atoms with van der Waals surface area (Å²) in [5.41, 5.74) is 0. The molecule has 0 aromatic carbocycles. The number of sulfonamides is 1. The Kier molecular flexibility index (Phi) is 4.20. The van der Waals surface area contributed by atoms with Crippen molar-refractivity contribution in [1.29, 1.82) is 0 Å². The molecule has 0 amide bonds. The highest BCUT2D eigenvalue weighted by atomic mass is 32.2. The smallest absolute Gasteiger partial charge is 0.306 e. The van der Waals surface area contributed by atoms with Gasteiger partial charge in [-0.3, -0.25) is 9.89 Å². The molecule has 19 heavy (non-hydrogen) atoms. The lowest BCUT2D eigenvalue weighted by molar-refractivity contribution is -0.144. The maximum atomic E-state index is 11.9. The maximum Gasteiger partial charge on any atom is 0.306 e. The SMILES string of the molecule is O=C(O)C1CCCCC1CNS(=O)(=O)c1cn[nH]c1. The molecular formula is C11H17N3O4S. The van der Waals surface area contributed by atoms with E-state index in [0.717, 1.165) is 19.3 Å². The van der Waals surface area contributed by atoms with Crippen LogP contribution in [0.15, 0.2) is 17.3 Å². The third kappa shape index (κ3) is 3.32. The second-order valence-electron chi connectivity index (χ2n) is 4.78. The zero-order chi connectivity index (χ0) is 13.9. The molecular weight excluding hydrogens is 270 g/mol. The lowest BCUT2D eigenvalue weighted by atomic mass is 9.79. The van der Waals surface area contributed by atoms with Crippen LogP contribution in [0.4, 0.5) is 0 Å². The number of carboxylic acid groups (broad SMARTS) is 1. The Morgan fingerprint density at radius 2 is 2.21 bits per heavy atom. The number of H-pyrrole nitrogens is 1. The topological polar surface area (TPSA) is 112 Å². The van der Waals surface area contributed by atoms with Gasteiger partial charge in [0, 0.05) is 12.7 Å². The molecule has 0 saturated heterocycles. The Bertz CT molecular complexity index is 526. The number of carbonyl (C=O) groups is 1. The van der Waals surface area contributed by atoms with E-state index in [-0.39, 0.29) is 17.4 Å². The normalized spacial score (nSPS) is 24.2. The summed E-state index contributed by atoms with van der Waals surface area (Å²) in [5.74, 6) is -1.44. The van der Waals surface area contributed by atoms with Crippen LogP contribution in [0.1, 0.15) is 25.7 Å². The molecule has 0 spiro atoms. The minimum Gasteiger partial charge on any atom is -0.481 e. The van der Waals surface area contributed by atoms with Crippen molar-refractivity contribution in [1.82, 2.24) is 14.9 Å². The van der Waals surface area contributed by atoms with Crippen LogP contribution in [-0.4, -0.2) is 36.2 Å². The van der Waals surface area contributed by atoms with E-state index >= 15 is 0 Å². The second kappa shape index (κ2) is 5.70. The van der Waals surface area contributed by atoms with E-state index in [2.05, 4.69) is 14.9 Å². The van der Waals surface area contributed by atoms with Gasteiger partial charge in [-0.15, -0.1) is 0 Å². The molecule has 1 aliphatic rings. The van der Waals surface area contributed by atoms with Crippen molar-refractivity contribution in [2.24, 2.45) is 11.8 Å². The minimum atomic E-state index is -3.60. The minimum absolute atomic E-state index is 0.0650. The lowest BCUT2D eigenvalue weighted by Crippen LogP contribution is -2.37. The van der Waals surface area contributed by atoms with Crippen molar-refractivity contribution < 1.29 is 18.3 Å². The molecule has 1 aromatic heterocycles. The van der Waals surface area contributed by atoms with E-state index in [0.29, 0.717) is 6.42 Å². The molecule has 0 bridgehead atoms. The van der Waals surface area contributed by atoms with Gasteiger partial charge in [-0.2, -0.15) is 5.10 Å². The molecule has 1 fully saturated rings. The molecule has 2 rings (SSSR count). The predicted molar refractivity (Wildman–Crippen MR) is 66.9 cm³/mol. The van der Waals surface area contributed by atoms with Gasteiger partial charge in [0.15, 0.2) is 0 Å². The van der Waals surface area contributed by atoms with Crippen molar-refractivity contribution in [3.05, 3.63) is 12.4 Å². The first-order chi connectivity index (χ1) is 9.00. The van der Waals surface area contributed by atoms with Crippen LogP contribution in [0.2, 0.25) is 0 Å². The molecule has 3 N–H and O–H groups in total. The highest BCUT2D eigenvalue weighted by Crippen LogP contribution is 2.30. The summed E-state index contributed by atoms with van der Waals surface area (Å²) in [4.78, 5) is 11.2. The molecule has 0 radical (unpaired) electrons. The van der Waals surface area contributed by atoms with Gasteiger partial charge in [-0.25, -0.2) is 13.1 Å². The summed E-state index contributed by atoms with van der Waals surface area (Å²) in [7, 11) is -3.60. The van der Waals surface area contributed by atoms with E-state index in [1.54, 1.807) is 0 Å². The quantitative estimate of drug-likeness (QED) is 0.733. The molecule has 1 heterocycles. The van der Waals surface area contributed by atoms with Crippen LogP contribution in [0.5, 0.6) is 0 Å². The number of aromatic nitrogens is 2. The largest absolute Gasteiger partial charge is 0.481 e. The van der Waals surface area contributed by atoms with E-state index in [4.69, 9.17) is 5.11 Å². The number of hydrogen-bond donors (Lipinski definition) is 3. The summed E-state index contributed by atoms with van der Waals surface area (Å²) in [6, 6.07) is 0. The fraction of sp³-hybridized carbons (Fsp3) is 0.636. The number of carboxylic acids is 1. The Hall–Kier alpha value is -1.41. The van der Waals surface area contributed by atoms with E-state index < -0.39 is 21.9 Å². The van der Waals surface area contributed by atoms with Crippen LogP contribution in [-0.2, 0) is 14.8 Å². The van der Waals surface area contributed by atoms with E-state index in [1.807, 2.05) is 0 Å². The number of nitrogens with zero attached hydrogens (tertiary/aromatic N) is 1. The van der Waals surface area contributed by atoms with Crippen molar-refractivity contribution in [3.8, 4) is 0 Å². The average molecular weight is 287 g/mol.